The van der Waals surface area contributed by atoms with Crippen molar-refractivity contribution in [3.8, 4) is 0 Å². The van der Waals surface area contributed by atoms with Crippen LogP contribution in [-0.2, 0) is 11.3 Å². The summed E-state index contributed by atoms with van der Waals surface area (Å²) in [7, 11) is 1.58. The van der Waals surface area contributed by atoms with Crippen LogP contribution in [0.4, 0.5) is 10.6 Å². The fourth-order valence-corrected chi connectivity index (χ4v) is 1.09. The molecular formula is C10H16N4O2. The minimum atomic E-state index is -0.307. The number of anilines is 1. The largest absolute Gasteiger partial charge is 0.383 e. The van der Waals surface area contributed by atoms with Crippen molar-refractivity contribution in [2.24, 2.45) is 5.73 Å². The summed E-state index contributed by atoms with van der Waals surface area (Å²) in [5, 5.41) is 5.23. The summed E-state index contributed by atoms with van der Waals surface area (Å²) in [5.74, 6) is 0.484. The van der Waals surface area contributed by atoms with Crippen LogP contribution in [0.2, 0.25) is 0 Å². The highest BCUT2D eigenvalue weighted by Crippen LogP contribution is 2.03. The molecule has 0 aromatic carbocycles. The third-order valence-electron chi connectivity index (χ3n) is 1.85. The number of urea groups is 1. The van der Waals surface area contributed by atoms with E-state index >= 15 is 0 Å². The van der Waals surface area contributed by atoms with Crippen LogP contribution in [0.3, 0.4) is 0 Å². The Morgan fingerprint density at radius 1 is 1.56 bits per heavy atom. The van der Waals surface area contributed by atoms with Gasteiger partial charge in [0.15, 0.2) is 0 Å². The minimum absolute atomic E-state index is 0.307. The molecule has 0 aliphatic heterocycles. The second kappa shape index (κ2) is 6.76. The molecule has 6 heteroatoms. The Morgan fingerprint density at radius 2 is 2.38 bits per heavy atom. The van der Waals surface area contributed by atoms with Gasteiger partial charge in [0, 0.05) is 20.2 Å². The van der Waals surface area contributed by atoms with Gasteiger partial charge in [0.05, 0.1) is 12.3 Å². The molecular weight excluding hydrogens is 208 g/mol. The average Bonchev–Trinajstić information content (AvgIpc) is 2.29. The van der Waals surface area contributed by atoms with Gasteiger partial charge in [-0.3, -0.25) is 5.32 Å². The fraction of sp³-hybridized carbons (Fsp3) is 0.400. The molecule has 0 radical (unpaired) electrons. The number of hydrogen-bond acceptors (Lipinski definition) is 4. The van der Waals surface area contributed by atoms with Crippen LogP contribution in [0.15, 0.2) is 18.2 Å². The van der Waals surface area contributed by atoms with Crippen LogP contribution in [0.25, 0.3) is 0 Å². The standard InChI is InChI=1S/C10H16N4O2/c1-16-6-5-12-10(15)14-9-4-2-3-8(7-11)13-9/h2-4H,5-7,11H2,1H3,(H2,12,13,14,15). The van der Waals surface area contributed by atoms with Gasteiger partial charge in [-0.15, -0.1) is 0 Å². The number of carbonyl (C=O) groups is 1. The van der Waals surface area contributed by atoms with Gasteiger partial charge in [0.2, 0.25) is 0 Å². The lowest BCUT2D eigenvalue weighted by Gasteiger charge is -2.07. The van der Waals surface area contributed by atoms with E-state index in [0.717, 1.165) is 5.69 Å². The number of nitrogens with one attached hydrogen (secondary N) is 2. The summed E-state index contributed by atoms with van der Waals surface area (Å²) in [6, 6.07) is 4.99. The molecule has 0 spiro atoms. The lowest BCUT2D eigenvalue weighted by Crippen LogP contribution is -2.31. The van der Waals surface area contributed by atoms with Crippen LogP contribution in [0.5, 0.6) is 0 Å². The van der Waals surface area contributed by atoms with Crippen molar-refractivity contribution in [1.82, 2.24) is 10.3 Å². The molecule has 2 amide bonds. The van der Waals surface area contributed by atoms with E-state index in [9.17, 15) is 4.79 Å². The van der Waals surface area contributed by atoms with E-state index in [2.05, 4.69) is 15.6 Å². The van der Waals surface area contributed by atoms with E-state index in [1.807, 2.05) is 0 Å². The van der Waals surface area contributed by atoms with Crippen LogP contribution in [-0.4, -0.2) is 31.3 Å². The first-order valence-electron chi connectivity index (χ1n) is 4.96. The molecule has 88 valence electrons. The van der Waals surface area contributed by atoms with E-state index < -0.39 is 0 Å². The normalized spacial score (nSPS) is 9.88. The first-order chi connectivity index (χ1) is 7.76. The van der Waals surface area contributed by atoms with Crippen LogP contribution in [0, 0.1) is 0 Å². The zero-order valence-electron chi connectivity index (χ0n) is 9.19. The zero-order chi connectivity index (χ0) is 11.8. The molecule has 16 heavy (non-hydrogen) atoms. The van der Waals surface area contributed by atoms with Gasteiger partial charge in [-0.25, -0.2) is 9.78 Å². The van der Waals surface area contributed by atoms with Gasteiger partial charge in [0.1, 0.15) is 5.82 Å². The summed E-state index contributed by atoms with van der Waals surface area (Å²) >= 11 is 0. The predicted molar refractivity (Wildman–Crippen MR) is 61.0 cm³/mol. The molecule has 0 bridgehead atoms. The summed E-state index contributed by atoms with van der Waals surface area (Å²) in [4.78, 5) is 15.5. The van der Waals surface area contributed by atoms with Gasteiger partial charge < -0.3 is 15.8 Å². The van der Waals surface area contributed by atoms with E-state index in [4.69, 9.17) is 10.5 Å². The maximum atomic E-state index is 11.3. The monoisotopic (exact) mass is 224 g/mol. The number of nitrogens with zero attached hydrogens (tertiary/aromatic N) is 1. The number of carbonyl (C=O) groups excluding carboxylic acids is 1. The third-order valence-corrected chi connectivity index (χ3v) is 1.85. The predicted octanol–water partition coefficient (Wildman–Crippen LogP) is 0.308. The van der Waals surface area contributed by atoms with E-state index in [0.29, 0.717) is 25.5 Å². The molecule has 0 aliphatic carbocycles. The quantitative estimate of drug-likeness (QED) is 0.628. The van der Waals surface area contributed by atoms with Crippen molar-refractivity contribution in [2.45, 2.75) is 6.54 Å². The number of rotatable bonds is 5. The van der Waals surface area contributed by atoms with Crippen molar-refractivity contribution < 1.29 is 9.53 Å². The molecule has 6 nitrogen and oxygen atoms in total. The Bertz CT molecular complexity index is 343. The van der Waals surface area contributed by atoms with Gasteiger partial charge in [0.25, 0.3) is 0 Å². The molecule has 0 saturated heterocycles. The van der Waals surface area contributed by atoms with E-state index in [1.165, 1.54) is 0 Å². The Kier molecular flexibility index (Phi) is 5.24. The molecule has 0 unspecified atom stereocenters. The maximum absolute atomic E-state index is 11.3. The zero-order valence-corrected chi connectivity index (χ0v) is 9.19. The number of pyridine rings is 1. The fourth-order valence-electron chi connectivity index (χ4n) is 1.09. The van der Waals surface area contributed by atoms with Crippen LogP contribution >= 0.6 is 0 Å². The summed E-state index contributed by atoms with van der Waals surface area (Å²) in [6.07, 6.45) is 0. The lowest BCUT2D eigenvalue weighted by atomic mass is 10.3. The molecule has 0 atom stereocenters. The molecule has 4 N–H and O–H groups in total. The summed E-state index contributed by atoms with van der Waals surface area (Å²) in [6.45, 7) is 1.28. The van der Waals surface area contributed by atoms with Crippen LogP contribution < -0.4 is 16.4 Å². The second-order valence-corrected chi connectivity index (χ2v) is 3.09. The van der Waals surface area contributed by atoms with E-state index in [1.54, 1.807) is 25.3 Å². The average molecular weight is 224 g/mol. The lowest BCUT2D eigenvalue weighted by molar-refractivity contribution is 0.198. The Morgan fingerprint density at radius 3 is 3.06 bits per heavy atom. The molecule has 0 saturated carbocycles. The van der Waals surface area contributed by atoms with Gasteiger partial charge in [-0.05, 0) is 12.1 Å². The molecule has 1 rings (SSSR count). The van der Waals surface area contributed by atoms with Crippen molar-refractivity contribution in [1.29, 1.82) is 0 Å². The van der Waals surface area contributed by atoms with Gasteiger partial charge in [-0.1, -0.05) is 6.07 Å². The molecule has 1 heterocycles. The molecule has 1 aromatic heterocycles. The minimum Gasteiger partial charge on any atom is -0.383 e. The number of nitrogens with two attached hydrogens (primary N) is 1. The number of hydrogen-bond donors (Lipinski definition) is 3. The Balaban J connectivity index is 2.43. The van der Waals surface area contributed by atoms with Crippen molar-refractivity contribution >= 4 is 11.8 Å². The van der Waals surface area contributed by atoms with Crippen molar-refractivity contribution in [2.75, 3.05) is 25.6 Å². The topological polar surface area (TPSA) is 89.3 Å². The SMILES string of the molecule is COCCNC(=O)Nc1cccc(CN)n1. The highest BCUT2D eigenvalue weighted by Gasteiger charge is 2.01. The number of amides is 2. The Labute approximate surface area is 94.2 Å². The summed E-state index contributed by atoms with van der Waals surface area (Å²) < 4.78 is 4.80. The smallest absolute Gasteiger partial charge is 0.320 e. The molecule has 0 aliphatic rings. The van der Waals surface area contributed by atoms with Gasteiger partial charge in [-0.2, -0.15) is 0 Å². The highest BCUT2D eigenvalue weighted by atomic mass is 16.5. The molecule has 1 aromatic rings. The number of aromatic nitrogens is 1. The first-order valence-corrected chi connectivity index (χ1v) is 4.96. The van der Waals surface area contributed by atoms with E-state index in [-0.39, 0.29) is 6.03 Å². The maximum Gasteiger partial charge on any atom is 0.320 e. The van der Waals surface area contributed by atoms with Crippen molar-refractivity contribution in [3.63, 3.8) is 0 Å². The first kappa shape index (κ1) is 12.4. The highest BCUT2D eigenvalue weighted by molar-refractivity contribution is 5.88. The van der Waals surface area contributed by atoms with Crippen molar-refractivity contribution in [3.05, 3.63) is 23.9 Å². The van der Waals surface area contributed by atoms with Gasteiger partial charge >= 0.3 is 6.03 Å². The summed E-state index contributed by atoms with van der Waals surface area (Å²) in [5.41, 5.74) is 6.17. The number of ether oxygens (including phenoxy) is 1. The number of methoxy groups -OCH3 is 1. The Hall–Kier alpha value is -1.66. The van der Waals surface area contributed by atoms with Crippen LogP contribution in [0.1, 0.15) is 5.69 Å². The third kappa shape index (κ3) is 4.24. The molecule has 0 fully saturated rings. The second-order valence-electron chi connectivity index (χ2n) is 3.09.